The zero-order chi connectivity index (χ0) is 9.80. The second-order valence-electron chi connectivity index (χ2n) is 3.78. The average molecular weight is 228 g/mol. The second-order valence-corrected chi connectivity index (χ2v) is 3.78. The zero-order valence-corrected chi connectivity index (χ0v) is 9.38. The van der Waals surface area contributed by atoms with Crippen LogP contribution in [-0.2, 0) is 0 Å². The number of hydrogen-bond donors (Lipinski definition) is 0. The van der Waals surface area contributed by atoms with Crippen molar-refractivity contribution in [1.29, 1.82) is 0 Å². The molecule has 0 aliphatic carbocycles. The topological polar surface area (TPSA) is 3.01 Å². The van der Waals surface area contributed by atoms with E-state index < -0.39 is 0 Å². The van der Waals surface area contributed by atoms with E-state index in [0.29, 0.717) is 0 Å². The van der Waals surface area contributed by atoms with Crippen LogP contribution in [0.15, 0.2) is 24.3 Å². The first-order chi connectivity index (χ1) is 6.84. The lowest BCUT2D eigenvalue weighted by molar-refractivity contribution is -0.532. The standard InChI is InChI=1S/C12H15FN.ClH/c13-12-6-4-11(5-7-12)10-14-8-2-1-3-9-14;/h4-7,10H,1-3,8-9H2;1H/q+1;/p-1. The van der Waals surface area contributed by atoms with Crippen LogP contribution in [-0.4, -0.2) is 23.9 Å². The Hall–Kier alpha value is -0.890. The number of nitrogens with zero attached hydrogens (tertiary/aromatic N) is 1. The van der Waals surface area contributed by atoms with Crippen molar-refractivity contribution in [1.82, 2.24) is 0 Å². The minimum Gasteiger partial charge on any atom is -1.00 e. The van der Waals surface area contributed by atoms with Crippen molar-refractivity contribution in [3.8, 4) is 0 Å². The third-order valence-corrected chi connectivity index (χ3v) is 2.59. The fraction of sp³-hybridized carbons (Fsp3) is 0.417. The summed E-state index contributed by atoms with van der Waals surface area (Å²) in [6.07, 6.45) is 6.02. The minimum atomic E-state index is -0.166. The van der Waals surface area contributed by atoms with Crippen LogP contribution < -0.4 is 12.4 Å². The maximum absolute atomic E-state index is 12.6. The second kappa shape index (κ2) is 5.86. The molecular weight excluding hydrogens is 213 g/mol. The summed E-state index contributed by atoms with van der Waals surface area (Å²) in [4.78, 5) is 0. The van der Waals surface area contributed by atoms with E-state index in [9.17, 15) is 4.39 Å². The van der Waals surface area contributed by atoms with Gasteiger partial charge in [0, 0.05) is 18.4 Å². The van der Waals surface area contributed by atoms with Crippen molar-refractivity contribution >= 4 is 6.21 Å². The first kappa shape index (κ1) is 12.2. The highest BCUT2D eigenvalue weighted by molar-refractivity contribution is 5.75. The highest BCUT2D eigenvalue weighted by atomic mass is 35.5. The maximum atomic E-state index is 12.6. The molecule has 0 N–H and O–H groups in total. The Morgan fingerprint density at radius 3 is 2.20 bits per heavy atom. The van der Waals surface area contributed by atoms with Crippen molar-refractivity contribution in [3.63, 3.8) is 0 Å². The summed E-state index contributed by atoms with van der Waals surface area (Å²) in [5, 5.41) is 0. The molecule has 0 unspecified atom stereocenters. The van der Waals surface area contributed by atoms with E-state index >= 15 is 0 Å². The normalized spacial score (nSPS) is 15.7. The fourth-order valence-electron chi connectivity index (χ4n) is 1.81. The molecule has 3 heteroatoms. The molecule has 2 rings (SSSR count). The smallest absolute Gasteiger partial charge is 0.170 e. The van der Waals surface area contributed by atoms with Gasteiger partial charge in [-0.05, 0) is 30.7 Å². The van der Waals surface area contributed by atoms with E-state index in [0.717, 1.165) is 18.7 Å². The van der Waals surface area contributed by atoms with Gasteiger partial charge in [0.05, 0.1) is 0 Å². The highest BCUT2D eigenvalue weighted by Gasteiger charge is 2.10. The van der Waals surface area contributed by atoms with Gasteiger partial charge < -0.3 is 12.4 Å². The molecule has 0 spiro atoms. The summed E-state index contributed by atoms with van der Waals surface area (Å²) in [6.45, 7) is 2.27. The number of rotatable bonds is 1. The zero-order valence-electron chi connectivity index (χ0n) is 8.63. The molecular formula is C12H15ClFN. The van der Waals surface area contributed by atoms with Gasteiger partial charge in [0.1, 0.15) is 18.9 Å². The summed E-state index contributed by atoms with van der Waals surface area (Å²) in [5.41, 5.74) is 1.09. The van der Waals surface area contributed by atoms with Crippen LogP contribution in [0.25, 0.3) is 0 Å². The van der Waals surface area contributed by atoms with Crippen LogP contribution in [0.4, 0.5) is 4.39 Å². The number of benzene rings is 1. The van der Waals surface area contributed by atoms with Gasteiger partial charge in [-0.3, -0.25) is 0 Å². The number of hydrogen-bond acceptors (Lipinski definition) is 0. The molecule has 82 valence electrons. The Morgan fingerprint density at radius 1 is 1.00 bits per heavy atom. The summed E-state index contributed by atoms with van der Waals surface area (Å²) < 4.78 is 15.0. The van der Waals surface area contributed by atoms with Crippen LogP contribution in [0.1, 0.15) is 24.8 Å². The van der Waals surface area contributed by atoms with Gasteiger partial charge in [-0.15, -0.1) is 0 Å². The quantitative estimate of drug-likeness (QED) is 0.567. The van der Waals surface area contributed by atoms with E-state index in [1.807, 2.05) is 12.1 Å². The lowest BCUT2D eigenvalue weighted by Gasteiger charge is -2.08. The van der Waals surface area contributed by atoms with Crippen LogP contribution in [0, 0.1) is 5.82 Å². The van der Waals surface area contributed by atoms with E-state index in [4.69, 9.17) is 0 Å². The number of piperidine rings is 1. The van der Waals surface area contributed by atoms with Crippen molar-refractivity contribution in [3.05, 3.63) is 35.6 Å². The largest absolute Gasteiger partial charge is 1.00 e. The highest BCUT2D eigenvalue weighted by Crippen LogP contribution is 2.05. The molecule has 1 saturated heterocycles. The molecule has 0 radical (unpaired) electrons. The molecule has 0 amide bonds. The molecule has 1 nitrogen and oxygen atoms in total. The Bertz CT molecular complexity index is 324. The van der Waals surface area contributed by atoms with Gasteiger partial charge >= 0.3 is 0 Å². The monoisotopic (exact) mass is 227 g/mol. The summed E-state index contributed by atoms with van der Waals surface area (Å²) >= 11 is 0. The molecule has 0 atom stereocenters. The molecule has 1 fully saturated rings. The lowest BCUT2D eigenvalue weighted by Crippen LogP contribution is -3.00. The van der Waals surface area contributed by atoms with Crippen molar-refractivity contribution in [2.75, 3.05) is 13.1 Å². The predicted molar refractivity (Wildman–Crippen MR) is 55.4 cm³/mol. The SMILES string of the molecule is Fc1ccc(C=[N+]2CCCCC2)cc1.[Cl-]. The molecule has 1 aromatic rings. The van der Waals surface area contributed by atoms with E-state index in [1.54, 1.807) is 0 Å². The van der Waals surface area contributed by atoms with Gasteiger partial charge in [0.25, 0.3) is 0 Å². The maximum Gasteiger partial charge on any atom is 0.170 e. The summed E-state index contributed by atoms with van der Waals surface area (Å²) in [7, 11) is 0. The van der Waals surface area contributed by atoms with Gasteiger partial charge in [0.2, 0.25) is 0 Å². The molecule has 1 aliphatic rings. The van der Waals surface area contributed by atoms with Crippen molar-refractivity contribution in [2.24, 2.45) is 0 Å². The Morgan fingerprint density at radius 2 is 1.60 bits per heavy atom. The number of halogens is 2. The van der Waals surface area contributed by atoms with Crippen molar-refractivity contribution < 1.29 is 21.4 Å². The average Bonchev–Trinajstić information content (AvgIpc) is 2.23. The Balaban J connectivity index is 0.00000112. The molecule has 1 aliphatic heterocycles. The molecule has 15 heavy (non-hydrogen) atoms. The van der Waals surface area contributed by atoms with Crippen molar-refractivity contribution in [2.45, 2.75) is 19.3 Å². The molecule has 0 bridgehead atoms. The van der Waals surface area contributed by atoms with E-state index in [1.165, 1.54) is 31.4 Å². The summed E-state index contributed by atoms with van der Waals surface area (Å²) in [6, 6.07) is 6.67. The minimum absolute atomic E-state index is 0. The Labute approximate surface area is 96.0 Å². The summed E-state index contributed by atoms with van der Waals surface area (Å²) in [5.74, 6) is -0.166. The molecule has 0 saturated carbocycles. The first-order valence-corrected chi connectivity index (χ1v) is 5.19. The van der Waals surface area contributed by atoms with Gasteiger partial charge in [-0.2, -0.15) is 0 Å². The molecule has 1 aromatic carbocycles. The lowest BCUT2D eigenvalue weighted by atomic mass is 10.1. The van der Waals surface area contributed by atoms with Crippen LogP contribution >= 0.6 is 0 Å². The van der Waals surface area contributed by atoms with Gasteiger partial charge in [0.15, 0.2) is 6.21 Å². The van der Waals surface area contributed by atoms with Crippen LogP contribution in [0.3, 0.4) is 0 Å². The van der Waals surface area contributed by atoms with Crippen LogP contribution in [0.5, 0.6) is 0 Å². The third kappa shape index (κ3) is 3.63. The van der Waals surface area contributed by atoms with E-state index in [-0.39, 0.29) is 18.2 Å². The van der Waals surface area contributed by atoms with E-state index in [2.05, 4.69) is 10.8 Å². The van der Waals surface area contributed by atoms with Gasteiger partial charge in [-0.1, -0.05) is 0 Å². The van der Waals surface area contributed by atoms with Gasteiger partial charge in [-0.25, -0.2) is 8.97 Å². The first-order valence-electron chi connectivity index (χ1n) is 5.19. The fourth-order valence-corrected chi connectivity index (χ4v) is 1.81. The predicted octanol–water partition coefficient (Wildman–Crippen LogP) is -0.555. The molecule has 1 heterocycles. The molecule has 0 aromatic heterocycles. The third-order valence-electron chi connectivity index (χ3n) is 2.59. The van der Waals surface area contributed by atoms with Crippen LogP contribution in [0.2, 0.25) is 0 Å². The Kier molecular flexibility index (Phi) is 4.76.